The number of rotatable bonds is 8. The van der Waals surface area contributed by atoms with Crippen molar-refractivity contribution in [2.45, 2.75) is 30.6 Å². The summed E-state index contributed by atoms with van der Waals surface area (Å²) >= 11 is 1.63. The van der Waals surface area contributed by atoms with Crippen molar-refractivity contribution in [3.63, 3.8) is 0 Å². The van der Waals surface area contributed by atoms with Crippen LogP contribution in [0.3, 0.4) is 0 Å². The number of anilines is 1. The number of amides is 1. The first-order chi connectivity index (χ1) is 11.8. The number of carbonyl (C=O) groups excluding carboxylic acids is 1. The standard InChI is InChI=1S/C20H24N2OS/c23-20(22-13-5-12-21-18-8-2-1-3-9-18)15-24-19-11-10-16-6-4-7-17(16)14-19/h1-3,8-11,14,21H,4-7,12-13,15H2,(H,22,23). The molecule has 0 unspecified atom stereocenters. The lowest BCUT2D eigenvalue weighted by molar-refractivity contribution is -0.118. The van der Waals surface area contributed by atoms with Gasteiger partial charge in [-0.2, -0.15) is 0 Å². The number of aryl methyl sites for hydroxylation is 2. The van der Waals surface area contributed by atoms with E-state index in [-0.39, 0.29) is 5.91 Å². The predicted molar refractivity (Wildman–Crippen MR) is 102 cm³/mol. The van der Waals surface area contributed by atoms with Crippen molar-refractivity contribution in [1.29, 1.82) is 0 Å². The number of hydrogen-bond acceptors (Lipinski definition) is 3. The Morgan fingerprint density at radius 1 is 1.00 bits per heavy atom. The maximum Gasteiger partial charge on any atom is 0.230 e. The van der Waals surface area contributed by atoms with Gasteiger partial charge < -0.3 is 10.6 Å². The van der Waals surface area contributed by atoms with Crippen molar-refractivity contribution >= 4 is 23.4 Å². The van der Waals surface area contributed by atoms with Gasteiger partial charge in [0, 0.05) is 23.7 Å². The van der Waals surface area contributed by atoms with E-state index in [4.69, 9.17) is 0 Å². The molecule has 0 spiro atoms. The highest BCUT2D eigenvalue weighted by Gasteiger charge is 2.11. The minimum absolute atomic E-state index is 0.111. The molecule has 0 aromatic heterocycles. The molecule has 2 N–H and O–H groups in total. The Morgan fingerprint density at radius 2 is 1.83 bits per heavy atom. The zero-order valence-electron chi connectivity index (χ0n) is 13.9. The molecule has 4 heteroatoms. The van der Waals surface area contributed by atoms with E-state index in [9.17, 15) is 4.79 Å². The molecule has 3 nitrogen and oxygen atoms in total. The third kappa shape index (κ3) is 5.03. The Labute approximate surface area is 148 Å². The molecule has 0 radical (unpaired) electrons. The number of fused-ring (bicyclic) bond motifs is 1. The zero-order valence-corrected chi connectivity index (χ0v) is 14.7. The van der Waals surface area contributed by atoms with Crippen LogP contribution in [0.1, 0.15) is 24.0 Å². The molecule has 2 aromatic rings. The first kappa shape index (κ1) is 16.9. The van der Waals surface area contributed by atoms with Crippen LogP contribution in [0.15, 0.2) is 53.4 Å². The number of nitrogens with one attached hydrogen (secondary N) is 2. The van der Waals surface area contributed by atoms with Crippen molar-refractivity contribution in [3.05, 3.63) is 59.7 Å². The van der Waals surface area contributed by atoms with Gasteiger partial charge in [-0.3, -0.25) is 4.79 Å². The third-order valence-corrected chi connectivity index (χ3v) is 5.21. The SMILES string of the molecule is O=C(CSc1ccc2c(c1)CCC2)NCCCNc1ccccc1. The molecular weight excluding hydrogens is 316 g/mol. The second-order valence-electron chi connectivity index (χ2n) is 6.07. The van der Waals surface area contributed by atoms with Gasteiger partial charge in [-0.15, -0.1) is 11.8 Å². The Morgan fingerprint density at radius 3 is 2.71 bits per heavy atom. The molecule has 0 aliphatic heterocycles. The molecule has 1 aliphatic carbocycles. The first-order valence-corrected chi connectivity index (χ1v) is 9.60. The van der Waals surface area contributed by atoms with Crippen LogP contribution >= 0.6 is 11.8 Å². The highest BCUT2D eigenvalue weighted by molar-refractivity contribution is 8.00. The van der Waals surface area contributed by atoms with Crippen molar-refractivity contribution in [1.82, 2.24) is 5.32 Å². The molecule has 2 aromatic carbocycles. The average molecular weight is 340 g/mol. The van der Waals surface area contributed by atoms with E-state index < -0.39 is 0 Å². The van der Waals surface area contributed by atoms with Crippen LogP contribution in [0.5, 0.6) is 0 Å². The van der Waals surface area contributed by atoms with E-state index in [0.717, 1.165) is 18.7 Å². The first-order valence-electron chi connectivity index (χ1n) is 8.61. The minimum Gasteiger partial charge on any atom is -0.385 e. The van der Waals surface area contributed by atoms with Crippen LogP contribution in [0.4, 0.5) is 5.69 Å². The molecule has 1 amide bonds. The van der Waals surface area contributed by atoms with Crippen molar-refractivity contribution in [3.8, 4) is 0 Å². The molecule has 1 aliphatic rings. The number of benzene rings is 2. The molecule has 0 atom stereocenters. The molecular formula is C20H24N2OS. The van der Waals surface area contributed by atoms with Gasteiger partial charge >= 0.3 is 0 Å². The summed E-state index contributed by atoms with van der Waals surface area (Å²) in [6, 6.07) is 16.7. The van der Waals surface area contributed by atoms with Crippen LogP contribution in [0.2, 0.25) is 0 Å². The molecule has 0 saturated heterocycles. The van der Waals surface area contributed by atoms with Crippen LogP contribution < -0.4 is 10.6 Å². The summed E-state index contributed by atoms with van der Waals surface area (Å²) in [5, 5.41) is 6.34. The molecule has 3 rings (SSSR count). The van der Waals surface area contributed by atoms with Crippen molar-refractivity contribution < 1.29 is 4.79 Å². The number of thioether (sulfide) groups is 1. The fraction of sp³-hybridized carbons (Fsp3) is 0.350. The van der Waals surface area contributed by atoms with Gasteiger partial charge in [0.05, 0.1) is 5.75 Å². The Balaban J connectivity index is 1.30. The molecule has 24 heavy (non-hydrogen) atoms. The van der Waals surface area contributed by atoms with Crippen LogP contribution in [-0.2, 0) is 17.6 Å². The van der Waals surface area contributed by atoms with Gasteiger partial charge in [0.25, 0.3) is 0 Å². The number of carbonyl (C=O) groups is 1. The monoisotopic (exact) mass is 340 g/mol. The summed E-state index contributed by atoms with van der Waals surface area (Å²) in [5.74, 6) is 0.602. The van der Waals surface area contributed by atoms with Gasteiger partial charge in [0.15, 0.2) is 0 Å². The number of hydrogen-bond donors (Lipinski definition) is 2. The fourth-order valence-electron chi connectivity index (χ4n) is 2.94. The molecule has 0 heterocycles. The Bertz CT molecular complexity index is 673. The lowest BCUT2D eigenvalue weighted by atomic mass is 10.1. The van der Waals surface area contributed by atoms with E-state index in [1.54, 1.807) is 11.8 Å². The largest absolute Gasteiger partial charge is 0.385 e. The maximum atomic E-state index is 11.9. The maximum absolute atomic E-state index is 11.9. The van der Waals surface area contributed by atoms with Crippen molar-refractivity contribution in [2.75, 3.05) is 24.2 Å². The van der Waals surface area contributed by atoms with Crippen LogP contribution in [0.25, 0.3) is 0 Å². The zero-order chi connectivity index (χ0) is 16.6. The molecule has 126 valence electrons. The topological polar surface area (TPSA) is 41.1 Å². The van der Waals surface area contributed by atoms with E-state index in [1.807, 2.05) is 30.3 Å². The van der Waals surface area contributed by atoms with Gasteiger partial charge in [-0.25, -0.2) is 0 Å². The summed E-state index contributed by atoms with van der Waals surface area (Å²) in [5.41, 5.74) is 4.07. The summed E-state index contributed by atoms with van der Waals surface area (Å²) < 4.78 is 0. The highest BCUT2D eigenvalue weighted by Crippen LogP contribution is 2.27. The highest BCUT2D eigenvalue weighted by atomic mass is 32.2. The van der Waals surface area contributed by atoms with E-state index in [2.05, 4.69) is 28.8 Å². The lowest BCUT2D eigenvalue weighted by Crippen LogP contribution is -2.27. The second-order valence-corrected chi connectivity index (χ2v) is 7.12. The van der Waals surface area contributed by atoms with Gasteiger partial charge in [-0.1, -0.05) is 24.3 Å². The smallest absolute Gasteiger partial charge is 0.230 e. The molecule has 0 bridgehead atoms. The van der Waals surface area contributed by atoms with Crippen molar-refractivity contribution in [2.24, 2.45) is 0 Å². The normalized spacial score (nSPS) is 12.7. The third-order valence-electron chi connectivity index (χ3n) is 4.22. The van der Waals surface area contributed by atoms with Gasteiger partial charge in [-0.05, 0) is 61.1 Å². The Hall–Kier alpha value is -1.94. The molecule has 0 fully saturated rings. The fourth-order valence-corrected chi connectivity index (χ4v) is 3.73. The van der Waals surface area contributed by atoms with Crippen LogP contribution in [0, 0.1) is 0 Å². The molecule has 0 saturated carbocycles. The number of para-hydroxylation sites is 1. The van der Waals surface area contributed by atoms with Crippen LogP contribution in [-0.4, -0.2) is 24.7 Å². The Kier molecular flexibility index (Phi) is 6.19. The van der Waals surface area contributed by atoms with E-state index in [1.165, 1.54) is 35.3 Å². The van der Waals surface area contributed by atoms with Gasteiger partial charge in [0.2, 0.25) is 5.91 Å². The quantitative estimate of drug-likeness (QED) is 0.566. The van der Waals surface area contributed by atoms with Gasteiger partial charge in [0.1, 0.15) is 0 Å². The minimum atomic E-state index is 0.111. The summed E-state index contributed by atoms with van der Waals surface area (Å²) in [7, 11) is 0. The lowest BCUT2D eigenvalue weighted by Gasteiger charge is -2.08. The summed E-state index contributed by atoms with van der Waals surface area (Å²) in [4.78, 5) is 13.1. The predicted octanol–water partition coefficient (Wildman–Crippen LogP) is 3.89. The van der Waals surface area contributed by atoms with E-state index >= 15 is 0 Å². The average Bonchev–Trinajstić information content (AvgIpc) is 3.08. The summed E-state index contributed by atoms with van der Waals surface area (Å²) in [6.45, 7) is 1.58. The second kappa shape index (κ2) is 8.78. The summed E-state index contributed by atoms with van der Waals surface area (Å²) in [6.07, 6.45) is 4.58. The van der Waals surface area contributed by atoms with E-state index in [0.29, 0.717) is 12.3 Å².